The van der Waals surface area contributed by atoms with Crippen LogP contribution in [0.15, 0.2) is 42.7 Å². The van der Waals surface area contributed by atoms with E-state index in [4.69, 9.17) is 0 Å². The monoisotopic (exact) mass is 194 g/mol. The molecule has 2 rings (SSSR count). The fourth-order valence-electron chi connectivity index (χ4n) is 1.19. The van der Waals surface area contributed by atoms with E-state index in [2.05, 4.69) is 5.10 Å². The van der Waals surface area contributed by atoms with Crippen LogP contribution >= 0.6 is 0 Å². The second-order valence-corrected chi connectivity index (χ2v) is 2.84. The highest BCUT2D eigenvalue weighted by molar-refractivity contribution is 5.34. The Hall–Kier alpha value is -1.71. The Morgan fingerprint density at radius 2 is 1.86 bits per heavy atom. The Labute approximate surface area is 79.8 Å². The lowest BCUT2D eigenvalue weighted by molar-refractivity contribution is 0.151. The molecule has 2 nitrogen and oxygen atoms in total. The molecule has 0 aliphatic rings. The minimum Gasteiger partial charge on any atom is -0.241 e. The van der Waals surface area contributed by atoms with Crippen molar-refractivity contribution in [3.63, 3.8) is 0 Å². The maximum absolute atomic E-state index is 12.2. The third-order valence-corrected chi connectivity index (χ3v) is 1.91. The maximum Gasteiger partial charge on any atom is 0.263 e. The number of alkyl halides is 2. The molecule has 72 valence electrons. The summed E-state index contributed by atoms with van der Waals surface area (Å²) in [6, 6.07) is 7.83. The molecule has 0 atom stereocenters. The molecule has 0 aliphatic heterocycles. The highest BCUT2D eigenvalue weighted by atomic mass is 19.3. The highest BCUT2D eigenvalue weighted by Crippen LogP contribution is 2.19. The van der Waals surface area contributed by atoms with E-state index in [-0.39, 0.29) is 5.56 Å². The highest BCUT2D eigenvalue weighted by Gasteiger charge is 2.05. The summed E-state index contributed by atoms with van der Waals surface area (Å²) in [5, 5.41) is 3.99. The molecule has 0 saturated heterocycles. The molecule has 0 spiro atoms. The number of benzene rings is 1. The lowest BCUT2D eigenvalue weighted by atomic mass is 10.2. The van der Waals surface area contributed by atoms with Crippen molar-refractivity contribution in [2.24, 2.45) is 0 Å². The number of hydrogen-bond acceptors (Lipinski definition) is 1. The first kappa shape index (κ1) is 8.87. The van der Waals surface area contributed by atoms with E-state index < -0.39 is 6.43 Å². The smallest absolute Gasteiger partial charge is 0.241 e. The summed E-state index contributed by atoms with van der Waals surface area (Å²) in [4.78, 5) is 0. The summed E-state index contributed by atoms with van der Waals surface area (Å²) in [6.45, 7) is 0. The van der Waals surface area contributed by atoms with Gasteiger partial charge in [-0.15, -0.1) is 0 Å². The van der Waals surface area contributed by atoms with Crippen molar-refractivity contribution in [2.45, 2.75) is 6.43 Å². The number of halogens is 2. The predicted molar refractivity (Wildman–Crippen MR) is 48.5 cm³/mol. The van der Waals surface area contributed by atoms with Crippen molar-refractivity contribution in [2.75, 3.05) is 0 Å². The Morgan fingerprint density at radius 1 is 1.14 bits per heavy atom. The van der Waals surface area contributed by atoms with Crippen molar-refractivity contribution >= 4 is 0 Å². The summed E-state index contributed by atoms with van der Waals surface area (Å²) in [6.07, 6.45) is 0.986. The molecule has 0 saturated carbocycles. The molecule has 0 fully saturated rings. The number of nitrogens with zero attached hydrogens (tertiary/aromatic N) is 2. The Kier molecular flexibility index (Phi) is 2.26. The molecule has 0 unspecified atom stereocenters. The van der Waals surface area contributed by atoms with E-state index in [1.807, 2.05) is 0 Å². The molecule has 0 radical (unpaired) electrons. The Balaban J connectivity index is 2.31. The number of hydrogen-bond donors (Lipinski definition) is 0. The molecule has 1 aromatic heterocycles. The van der Waals surface area contributed by atoms with E-state index in [0.29, 0.717) is 0 Å². The minimum absolute atomic E-state index is 0.0286. The molecule has 2 aromatic rings. The van der Waals surface area contributed by atoms with Crippen LogP contribution in [0.5, 0.6) is 0 Å². The molecule has 1 aromatic carbocycles. The molecule has 0 N–H and O–H groups in total. The van der Waals surface area contributed by atoms with Gasteiger partial charge in [0.25, 0.3) is 6.43 Å². The first-order valence-electron chi connectivity index (χ1n) is 4.15. The van der Waals surface area contributed by atoms with Crippen molar-refractivity contribution in [1.29, 1.82) is 0 Å². The molecular formula is C10H8F2N2. The molecule has 0 aliphatic carbocycles. The fourth-order valence-corrected chi connectivity index (χ4v) is 1.19. The van der Waals surface area contributed by atoms with Crippen LogP contribution in [0.1, 0.15) is 12.0 Å². The first-order valence-corrected chi connectivity index (χ1v) is 4.15. The summed E-state index contributed by atoms with van der Waals surface area (Å²) >= 11 is 0. The molecule has 1 heterocycles. The van der Waals surface area contributed by atoms with Gasteiger partial charge in [-0.1, -0.05) is 12.1 Å². The maximum atomic E-state index is 12.2. The van der Waals surface area contributed by atoms with Gasteiger partial charge in [0, 0.05) is 18.0 Å². The average molecular weight is 194 g/mol. The van der Waals surface area contributed by atoms with Crippen molar-refractivity contribution in [3.05, 3.63) is 48.3 Å². The predicted octanol–water partition coefficient (Wildman–Crippen LogP) is 2.81. The third kappa shape index (κ3) is 1.64. The van der Waals surface area contributed by atoms with Crippen molar-refractivity contribution in [3.8, 4) is 5.69 Å². The Morgan fingerprint density at radius 3 is 2.36 bits per heavy atom. The van der Waals surface area contributed by atoms with E-state index in [0.717, 1.165) is 5.69 Å². The van der Waals surface area contributed by atoms with Crippen molar-refractivity contribution < 1.29 is 8.78 Å². The minimum atomic E-state index is -2.42. The van der Waals surface area contributed by atoms with Crippen LogP contribution in [0.3, 0.4) is 0 Å². The van der Waals surface area contributed by atoms with E-state index in [1.54, 1.807) is 35.3 Å². The fraction of sp³-hybridized carbons (Fsp3) is 0.100. The van der Waals surface area contributed by atoms with Gasteiger partial charge in [0.15, 0.2) is 0 Å². The summed E-state index contributed by atoms with van der Waals surface area (Å²) in [5.41, 5.74) is 0.806. The standard InChI is InChI=1S/C10H8F2N2/c11-10(12)8-2-4-9(5-3-8)14-7-1-6-13-14/h1-7,10H. The zero-order valence-electron chi connectivity index (χ0n) is 7.27. The topological polar surface area (TPSA) is 17.8 Å². The normalized spacial score (nSPS) is 10.8. The van der Waals surface area contributed by atoms with Gasteiger partial charge in [-0.05, 0) is 18.2 Å². The van der Waals surface area contributed by atoms with Gasteiger partial charge in [0.1, 0.15) is 0 Å². The van der Waals surface area contributed by atoms with E-state index >= 15 is 0 Å². The number of rotatable bonds is 2. The van der Waals surface area contributed by atoms with Gasteiger partial charge in [0.2, 0.25) is 0 Å². The molecule has 4 heteroatoms. The van der Waals surface area contributed by atoms with E-state index in [9.17, 15) is 8.78 Å². The largest absolute Gasteiger partial charge is 0.263 e. The third-order valence-electron chi connectivity index (χ3n) is 1.91. The van der Waals surface area contributed by atoms with Gasteiger partial charge in [-0.2, -0.15) is 5.10 Å². The van der Waals surface area contributed by atoms with Gasteiger partial charge >= 0.3 is 0 Å². The summed E-state index contributed by atoms with van der Waals surface area (Å²) in [5.74, 6) is 0. The van der Waals surface area contributed by atoms with Gasteiger partial charge in [-0.25, -0.2) is 13.5 Å². The Bertz CT molecular complexity index is 393. The molecular weight excluding hydrogens is 186 g/mol. The number of aromatic nitrogens is 2. The molecule has 0 amide bonds. The second-order valence-electron chi connectivity index (χ2n) is 2.84. The van der Waals surface area contributed by atoms with E-state index in [1.165, 1.54) is 12.1 Å². The average Bonchev–Trinajstić information content (AvgIpc) is 2.71. The van der Waals surface area contributed by atoms with Gasteiger partial charge < -0.3 is 0 Å². The SMILES string of the molecule is FC(F)c1ccc(-n2cccn2)cc1. The molecule has 14 heavy (non-hydrogen) atoms. The van der Waals surface area contributed by atoms with Gasteiger partial charge in [-0.3, -0.25) is 0 Å². The van der Waals surface area contributed by atoms with Crippen LogP contribution in [-0.2, 0) is 0 Å². The molecule has 0 bridgehead atoms. The van der Waals surface area contributed by atoms with Crippen LogP contribution in [0, 0.1) is 0 Å². The zero-order chi connectivity index (χ0) is 9.97. The van der Waals surface area contributed by atoms with Crippen LogP contribution in [0.4, 0.5) is 8.78 Å². The van der Waals surface area contributed by atoms with Crippen molar-refractivity contribution in [1.82, 2.24) is 9.78 Å². The van der Waals surface area contributed by atoms with Crippen LogP contribution in [0.25, 0.3) is 5.69 Å². The quantitative estimate of drug-likeness (QED) is 0.718. The van der Waals surface area contributed by atoms with Crippen LogP contribution in [0.2, 0.25) is 0 Å². The second kappa shape index (κ2) is 3.57. The van der Waals surface area contributed by atoms with Crippen LogP contribution < -0.4 is 0 Å². The zero-order valence-corrected chi connectivity index (χ0v) is 7.27. The summed E-state index contributed by atoms with van der Waals surface area (Å²) < 4.78 is 26.1. The van der Waals surface area contributed by atoms with Gasteiger partial charge in [0.05, 0.1) is 5.69 Å². The van der Waals surface area contributed by atoms with Crippen LogP contribution in [-0.4, -0.2) is 9.78 Å². The lowest BCUT2D eigenvalue weighted by Gasteiger charge is -2.02. The first-order chi connectivity index (χ1) is 6.77. The lowest BCUT2D eigenvalue weighted by Crippen LogP contribution is -1.94. The summed E-state index contributed by atoms with van der Waals surface area (Å²) in [7, 11) is 0.